The van der Waals surface area contributed by atoms with E-state index in [1.807, 2.05) is 0 Å². The van der Waals surface area contributed by atoms with Gasteiger partial charge in [-0.2, -0.15) is 13.2 Å². The van der Waals surface area contributed by atoms with Crippen molar-refractivity contribution >= 4 is 23.4 Å². The van der Waals surface area contributed by atoms with E-state index in [1.54, 1.807) is 0 Å². The van der Waals surface area contributed by atoms with Crippen LogP contribution in [0.2, 0.25) is 0 Å². The molecule has 0 bridgehead atoms. The van der Waals surface area contributed by atoms with Crippen molar-refractivity contribution in [2.75, 3.05) is 12.5 Å². The van der Waals surface area contributed by atoms with Crippen LogP contribution in [0.1, 0.15) is 10.4 Å². The van der Waals surface area contributed by atoms with E-state index in [9.17, 15) is 18.0 Å². The molecule has 8 heteroatoms. The zero-order valence-corrected chi connectivity index (χ0v) is 9.48. The number of esters is 1. The Morgan fingerprint density at radius 3 is 2.59 bits per heavy atom. The molecule has 1 aromatic rings. The van der Waals surface area contributed by atoms with E-state index in [0.29, 0.717) is 0 Å². The van der Waals surface area contributed by atoms with E-state index in [1.165, 1.54) is 12.1 Å². The second-order valence-electron chi connectivity index (χ2n) is 2.89. The minimum Gasteiger partial charge on any atom is -0.465 e. The maximum atomic E-state index is 12.3. The van der Waals surface area contributed by atoms with Crippen LogP contribution in [0.5, 0.6) is 0 Å². The fourth-order valence-corrected chi connectivity index (χ4v) is 1.80. The van der Waals surface area contributed by atoms with E-state index in [2.05, 4.69) is 10.2 Å². The average molecular weight is 266 g/mol. The maximum Gasteiger partial charge on any atom is 0.446 e. The van der Waals surface area contributed by atoms with Gasteiger partial charge in [0.25, 0.3) is 0 Å². The Balaban J connectivity index is 3.16. The molecule has 17 heavy (non-hydrogen) atoms. The van der Waals surface area contributed by atoms with E-state index < -0.39 is 23.2 Å². The third-order valence-electron chi connectivity index (χ3n) is 1.78. The van der Waals surface area contributed by atoms with E-state index in [-0.39, 0.29) is 16.1 Å². The third-order valence-corrected chi connectivity index (χ3v) is 2.57. The van der Waals surface area contributed by atoms with Gasteiger partial charge in [-0.1, -0.05) is 0 Å². The molecule has 0 aliphatic rings. The Morgan fingerprint density at radius 1 is 1.47 bits per heavy atom. The minimum atomic E-state index is -4.49. The molecule has 0 saturated carbocycles. The molecule has 0 unspecified atom stereocenters. The Bertz CT molecular complexity index is 423. The smallest absolute Gasteiger partial charge is 0.446 e. The Labute approximate surface area is 99.3 Å². The Kier molecular flexibility index (Phi) is 4.24. The first kappa shape index (κ1) is 13.7. The first-order valence-corrected chi connectivity index (χ1v) is 5.13. The molecule has 4 nitrogen and oxygen atoms in total. The van der Waals surface area contributed by atoms with Crippen molar-refractivity contribution in [1.29, 1.82) is 0 Å². The quantitative estimate of drug-likeness (QED) is 0.380. The summed E-state index contributed by atoms with van der Waals surface area (Å²) in [4.78, 5) is 11.0. The first-order chi connectivity index (χ1) is 7.87. The van der Waals surface area contributed by atoms with E-state index in [0.717, 1.165) is 13.2 Å². The van der Waals surface area contributed by atoms with Crippen LogP contribution in [-0.2, 0) is 4.74 Å². The number of hydrogen-bond acceptors (Lipinski definition) is 5. The molecular weight excluding hydrogens is 257 g/mol. The molecule has 0 atom stereocenters. The van der Waals surface area contributed by atoms with Crippen LogP contribution in [0.15, 0.2) is 23.1 Å². The predicted octanol–water partition coefficient (Wildman–Crippen LogP) is 2.37. The van der Waals surface area contributed by atoms with Crippen LogP contribution in [0.25, 0.3) is 0 Å². The molecule has 0 aliphatic heterocycles. The number of hydrazine groups is 1. The van der Waals surface area contributed by atoms with Gasteiger partial charge in [-0.05, 0) is 30.0 Å². The molecule has 0 radical (unpaired) electrons. The number of carbonyl (C=O) groups excluding carboxylic acids is 1. The molecular formula is C9H9F3N2O2S. The second-order valence-corrected chi connectivity index (χ2v) is 4.00. The number of nitrogen functional groups attached to an aromatic ring is 1. The van der Waals surface area contributed by atoms with Crippen molar-refractivity contribution in [2.24, 2.45) is 5.84 Å². The van der Waals surface area contributed by atoms with Gasteiger partial charge in [0.2, 0.25) is 0 Å². The van der Waals surface area contributed by atoms with E-state index in [4.69, 9.17) is 5.84 Å². The van der Waals surface area contributed by atoms with Gasteiger partial charge in [0, 0.05) is 10.6 Å². The lowest BCUT2D eigenvalue weighted by Crippen LogP contribution is -2.10. The summed E-state index contributed by atoms with van der Waals surface area (Å²) in [6.07, 6.45) is 0. The largest absolute Gasteiger partial charge is 0.465 e. The number of anilines is 1. The number of nitrogens with two attached hydrogens (primary N) is 1. The zero-order valence-electron chi connectivity index (χ0n) is 8.67. The fraction of sp³-hybridized carbons (Fsp3) is 0.222. The summed E-state index contributed by atoms with van der Waals surface area (Å²) in [7, 11) is 1.10. The molecule has 94 valence electrons. The van der Waals surface area contributed by atoms with Crippen LogP contribution in [-0.4, -0.2) is 18.6 Å². The van der Waals surface area contributed by atoms with Crippen LogP contribution >= 0.6 is 11.8 Å². The third kappa shape index (κ3) is 3.82. The van der Waals surface area contributed by atoms with Crippen LogP contribution in [0.4, 0.5) is 18.9 Å². The second kappa shape index (κ2) is 5.28. The summed E-state index contributed by atoms with van der Waals surface area (Å²) in [6, 6.07) is 3.73. The number of carbonyl (C=O) groups is 1. The number of alkyl halides is 3. The monoisotopic (exact) mass is 266 g/mol. The Morgan fingerprint density at radius 2 is 2.12 bits per heavy atom. The van der Waals surface area contributed by atoms with Gasteiger partial charge >= 0.3 is 11.5 Å². The number of ether oxygens (including phenoxy) is 1. The molecule has 0 fully saturated rings. The number of halogens is 3. The van der Waals surface area contributed by atoms with Crippen molar-refractivity contribution in [2.45, 2.75) is 10.4 Å². The van der Waals surface area contributed by atoms with Crippen molar-refractivity contribution in [3.8, 4) is 0 Å². The molecule has 0 amide bonds. The van der Waals surface area contributed by atoms with Gasteiger partial charge in [-0.15, -0.1) is 0 Å². The van der Waals surface area contributed by atoms with Gasteiger partial charge in [0.1, 0.15) is 0 Å². The predicted molar refractivity (Wildman–Crippen MR) is 57.5 cm³/mol. The molecule has 0 heterocycles. The summed E-state index contributed by atoms with van der Waals surface area (Å²) in [6.45, 7) is 0. The average Bonchev–Trinajstić information content (AvgIpc) is 2.25. The highest BCUT2D eigenvalue weighted by Gasteiger charge is 2.31. The minimum absolute atomic E-state index is 0.158. The normalized spacial score (nSPS) is 11.1. The Hall–Kier alpha value is -1.41. The summed E-state index contributed by atoms with van der Waals surface area (Å²) in [5, 5.41) is 0. The van der Waals surface area contributed by atoms with Crippen molar-refractivity contribution in [1.82, 2.24) is 0 Å². The van der Waals surface area contributed by atoms with Crippen LogP contribution < -0.4 is 11.3 Å². The lowest BCUT2D eigenvalue weighted by atomic mass is 10.2. The van der Waals surface area contributed by atoms with Crippen molar-refractivity contribution in [3.63, 3.8) is 0 Å². The van der Waals surface area contributed by atoms with Crippen molar-refractivity contribution in [3.05, 3.63) is 23.8 Å². The van der Waals surface area contributed by atoms with Crippen LogP contribution in [0.3, 0.4) is 0 Å². The molecule has 0 saturated heterocycles. The summed E-state index contributed by atoms with van der Waals surface area (Å²) >= 11 is -0.396. The number of rotatable bonds is 3. The molecule has 0 aliphatic carbocycles. The van der Waals surface area contributed by atoms with Crippen LogP contribution in [0, 0.1) is 0 Å². The van der Waals surface area contributed by atoms with Gasteiger partial charge in [-0.25, -0.2) is 4.79 Å². The topological polar surface area (TPSA) is 64.3 Å². The molecule has 1 rings (SSSR count). The van der Waals surface area contributed by atoms with Gasteiger partial charge in [0.15, 0.2) is 0 Å². The fourth-order valence-electron chi connectivity index (χ4n) is 1.10. The van der Waals surface area contributed by atoms with Gasteiger partial charge in [0.05, 0.1) is 12.7 Å². The van der Waals surface area contributed by atoms with E-state index >= 15 is 0 Å². The first-order valence-electron chi connectivity index (χ1n) is 4.32. The highest BCUT2D eigenvalue weighted by Crippen LogP contribution is 2.39. The van der Waals surface area contributed by atoms with Gasteiger partial charge in [-0.3, -0.25) is 5.84 Å². The summed E-state index contributed by atoms with van der Waals surface area (Å²) < 4.78 is 41.2. The molecule has 3 N–H and O–H groups in total. The zero-order chi connectivity index (χ0) is 13.1. The van der Waals surface area contributed by atoms with Crippen molar-refractivity contribution < 1.29 is 22.7 Å². The number of benzene rings is 1. The number of nitrogens with one attached hydrogen (secondary N) is 1. The highest BCUT2D eigenvalue weighted by molar-refractivity contribution is 8.00. The summed E-state index contributed by atoms with van der Waals surface area (Å²) in [5.74, 6) is 4.25. The highest BCUT2D eigenvalue weighted by atomic mass is 32.2. The lowest BCUT2D eigenvalue weighted by Gasteiger charge is -2.11. The number of thioether (sulfide) groups is 1. The molecule has 1 aromatic carbocycles. The standard InChI is InChI=1S/C9H9F3N2O2S/c1-16-8(15)6-3-2-5(14-13)4-7(6)17-9(10,11)12/h2-4,14H,13H2,1H3. The molecule has 0 aromatic heterocycles. The maximum absolute atomic E-state index is 12.3. The number of hydrogen-bond donors (Lipinski definition) is 2. The van der Waals surface area contributed by atoms with Gasteiger partial charge < -0.3 is 10.2 Å². The SMILES string of the molecule is COC(=O)c1ccc(NN)cc1SC(F)(F)F. The molecule has 0 spiro atoms. The number of methoxy groups -OCH3 is 1. The lowest BCUT2D eigenvalue weighted by molar-refractivity contribution is -0.0328. The summed E-state index contributed by atoms with van der Waals surface area (Å²) in [5.41, 5.74) is -2.18.